The highest BCUT2D eigenvalue weighted by Crippen LogP contribution is 2.46. The first kappa shape index (κ1) is 12.3. The minimum absolute atomic E-state index is 0.0799. The highest BCUT2D eigenvalue weighted by Gasteiger charge is 2.58. The largest absolute Gasteiger partial charge is 0.465 e. The molecule has 0 aromatic heterocycles. The Morgan fingerprint density at radius 3 is 2.41 bits per heavy atom. The normalized spacial score (nSPS) is 22.1. The minimum Gasteiger partial charge on any atom is -0.465 e. The first-order valence-corrected chi connectivity index (χ1v) is 5.62. The maximum Gasteiger partial charge on any atom is 0.409 e. The fourth-order valence-corrected chi connectivity index (χ4v) is 2.35. The number of hydrogen-bond acceptors (Lipinski definition) is 2. The molecule has 7 heteroatoms. The lowest BCUT2D eigenvalue weighted by molar-refractivity contribution is 0.173. The Morgan fingerprint density at radius 1 is 1.35 bits per heavy atom. The van der Waals surface area contributed by atoms with Gasteiger partial charge in [-0.15, -0.1) is 0 Å². The summed E-state index contributed by atoms with van der Waals surface area (Å²) >= 11 is 17.6. The van der Waals surface area contributed by atoms with Crippen LogP contribution in [-0.2, 0) is 5.54 Å². The number of carbonyl (C=O) groups is 1. The van der Waals surface area contributed by atoms with Crippen molar-refractivity contribution in [2.24, 2.45) is 0 Å². The van der Waals surface area contributed by atoms with Crippen LogP contribution in [-0.4, -0.2) is 22.6 Å². The highest BCUT2D eigenvalue weighted by molar-refractivity contribution is 6.43. The van der Waals surface area contributed by atoms with Crippen LogP contribution in [0.25, 0.3) is 0 Å². The average Bonchev–Trinajstić information content (AvgIpc) is 2.99. The van der Waals surface area contributed by atoms with E-state index in [1.54, 1.807) is 0 Å². The van der Waals surface area contributed by atoms with Gasteiger partial charge in [0.15, 0.2) is 5.54 Å². The Kier molecular flexibility index (Phi) is 2.86. The van der Waals surface area contributed by atoms with Crippen LogP contribution < -0.4 is 0 Å². The van der Waals surface area contributed by atoms with E-state index in [1.165, 1.54) is 12.1 Å². The fraction of sp³-hybridized carbons (Fsp3) is 0.200. The van der Waals surface area contributed by atoms with Crippen LogP contribution in [0.5, 0.6) is 0 Å². The van der Waals surface area contributed by atoms with Crippen molar-refractivity contribution in [1.82, 2.24) is 4.90 Å². The van der Waals surface area contributed by atoms with Crippen LogP contribution in [0.3, 0.4) is 0 Å². The average molecular weight is 292 g/mol. The second-order valence-corrected chi connectivity index (χ2v) is 4.81. The lowest BCUT2D eigenvalue weighted by atomic mass is 10.0. The summed E-state index contributed by atoms with van der Waals surface area (Å²) in [4.78, 5) is 11.8. The van der Waals surface area contributed by atoms with Gasteiger partial charge in [-0.1, -0.05) is 34.8 Å². The van der Waals surface area contributed by atoms with Crippen LogP contribution in [0.4, 0.5) is 4.79 Å². The molecule has 17 heavy (non-hydrogen) atoms. The van der Waals surface area contributed by atoms with Crippen molar-refractivity contribution in [3.8, 4) is 6.07 Å². The maximum atomic E-state index is 10.8. The molecule has 4 nitrogen and oxygen atoms in total. The number of rotatable bonds is 1. The molecule has 1 aliphatic rings. The third-order valence-electron chi connectivity index (χ3n) is 2.62. The van der Waals surface area contributed by atoms with Gasteiger partial charge in [0.1, 0.15) is 0 Å². The zero-order valence-corrected chi connectivity index (χ0v) is 10.5. The van der Waals surface area contributed by atoms with Crippen LogP contribution in [0.1, 0.15) is 5.56 Å². The van der Waals surface area contributed by atoms with Gasteiger partial charge in [0.05, 0.1) is 22.7 Å². The molecular formula is C10H5Cl3N2O2. The molecule has 1 atom stereocenters. The number of nitriles is 1. The Morgan fingerprint density at radius 2 is 1.94 bits per heavy atom. The monoisotopic (exact) mass is 290 g/mol. The van der Waals surface area contributed by atoms with E-state index in [0.717, 1.165) is 4.90 Å². The summed E-state index contributed by atoms with van der Waals surface area (Å²) in [5, 5.41) is 18.7. The lowest BCUT2D eigenvalue weighted by Crippen LogP contribution is -2.19. The Hall–Kier alpha value is -1.15. The van der Waals surface area contributed by atoms with Crippen molar-refractivity contribution in [3.63, 3.8) is 0 Å². The number of benzene rings is 1. The number of halogens is 3. The van der Waals surface area contributed by atoms with Gasteiger partial charge in [-0.25, -0.2) is 4.79 Å². The molecule has 1 heterocycles. The van der Waals surface area contributed by atoms with Crippen LogP contribution in [0.15, 0.2) is 12.1 Å². The summed E-state index contributed by atoms with van der Waals surface area (Å²) in [5.41, 5.74) is -0.879. The molecule has 1 aromatic rings. The number of amides is 1. The van der Waals surface area contributed by atoms with Gasteiger partial charge in [-0.2, -0.15) is 5.26 Å². The zero-order chi connectivity index (χ0) is 12.8. The standard InChI is InChI=1S/C10H5Cl3N2O2/c11-6-2-8(13)7(12)1-5(6)10(3-14)4-15(10)9(16)17/h1-2H,4H2,(H,16,17). The van der Waals surface area contributed by atoms with Crippen molar-refractivity contribution in [1.29, 1.82) is 5.26 Å². The lowest BCUT2D eigenvalue weighted by Gasteiger charge is -2.11. The topological polar surface area (TPSA) is 64.1 Å². The van der Waals surface area contributed by atoms with Crippen LogP contribution in [0.2, 0.25) is 15.1 Å². The quantitative estimate of drug-likeness (QED) is 0.637. The van der Waals surface area contributed by atoms with Gasteiger partial charge in [0, 0.05) is 10.6 Å². The minimum atomic E-state index is -1.24. The molecule has 0 bridgehead atoms. The van der Waals surface area contributed by atoms with Crippen molar-refractivity contribution in [2.75, 3.05) is 6.54 Å². The highest BCUT2D eigenvalue weighted by atomic mass is 35.5. The molecule has 2 rings (SSSR count). The number of nitrogens with zero attached hydrogens (tertiary/aromatic N) is 2. The molecule has 1 saturated heterocycles. The predicted molar refractivity (Wildman–Crippen MR) is 63.5 cm³/mol. The molecule has 1 aliphatic heterocycles. The summed E-state index contributed by atoms with van der Waals surface area (Å²) in [7, 11) is 0. The summed E-state index contributed by atoms with van der Waals surface area (Å²) in [6.07, 6.45) is -1.17. The van der Waals surface area contributed by atoms with Crippen molar-refractivity contribution in [3.05, 3.63) is 32.8 Å². The van der Waals surface area contributed by atoms with Crippen LogP contribution in [0, 0.1) is 11.3 Å². The van der Waals surface area contributed by atoms with E-state index in [9.17, 15) is 4.79 Å². The summed E-state index contributed by atoms with van der Waals surface area (Å²) in [6, 6.07) is 4.78. The van der Waals surface area contributed by atoms with Crippen molar-refractivity contribution in [2.45, 2.75) is 5.54 Å². The summed E-state index contributed by atoms with van der Waals surface area (Å²) in [6.45, 7) is 0.0799. The van der Waals surface area contributed by atoms with Gasteiger partial charge < -0.3 is 5.11 Å². The van der Waals surface area contributed by atoms with E-state index < -0.39 is 11.6 Å². The summed E-state index contributed by atoms with van der Waals surface area (Å²) in [5.74, 6) is 0. The molecule has 0 saturated carbocycles. The Balaban J connectivity index is 2.52. The second kappa shape index (κ2) is 3.95. The molecule has 1 aromatic carbocycles. The number of hydrogen-bond donors (Lipinski definition) is 1. The van der Waals surface area contributed by atoms with Gasteiger partial charge >= 0.3 is 6.09 Å². The third kappa shape index (κ3) is 1.81. The SMILES string of the molecule is N#CC1(c2cc(Cl)c(Cl)cc2Cl)CN1C(=O)O. The van der Waals surface area contributed by atoms with E-state index in [4.69, 9.17) is 45.2 Å². The van der Waals surface area contributed by atoms with E-state index in [2.05, 4.69) is 0 Å². The van der Waals surface area contributed by atoms with Gasteiger partial charge in [0.2, 0.25) is 0 Å². The second-order valence-electron chi connectivity index (χ2n) is 3.59. The smallest absolute Gasteiger partial charge is 0.409 e. The molecule has 1 unspecified atom stereocenters. The molecule has 1 N–H and O–H groups in total. The fourth-order valence-electron chi connectivity index (χ4n) is 1.65. The molecule has 1 amide bonds. The first-order chi connectivity index (χ1) is 7.92. The zero-order valence-electron chi connectivity index (χ0n) is 8.25. The van der Waals surface area contributed by atoms with E-state index in [0.29, 0.717) is 5.56 Å². The number of carboxylic acid groups (broad SMARTS) is 1. The van der Waals surface area contributed by atoms with Crippen molar-refractivity contribution < 1.29 is 9.90 Å². The van der Waals surface area contributed by atoms with Crippen molar-refractivity contribution >= 4 is 40.9 Å². The van der Waals surface area contributed by atoms with Gasteiger partial charge in [-0.05, 0) is 12.1 Å². The molecule has 0 aliphatic carbocycles. The van der Waals surface area contributed by atoms with E-state index in [-0.39, 0.29) is 21.6 Å². The Bertz CT molecular complexity index is 555. The molecular weight excluding hydrogens is 286 g/mol. The van der Waals surface area contributed by atoms with E-state index in [1.807, 2.05) is 6.07 Å². The third-order valence-corrected chi connectivity index (χ3v) is 3.65. The summed E-state index contributed by atoms with van der Waals surface area (Å²) < 4.78 is 0. The molecule has 0 spiro atoms. The van der Waals surface area contributed by atoms with Crippen LogP contribution >= 0.6 is 34.8 Å². The molecule has 88 valence electrons. The maximum absolute atomic E-state index is 10.8. The van der Waals surface area contributed by atoms with E-state index >= 15 is 0 Å². The van der Waals surface area contributed by atoms with Gasteiger partial charge in [-0.3, -0.25) is 4.90 Å². The molecule has 0 radical (unpaired) electrons. The predicted octanol–water partition coefficient (Wildman–Crippen LogP) is 3.36. The first-order valence-electron chi connectivity index (χ1n) is 4.49. The van der Waals surface area contributed by atoms with Gasteiger partial charge in [0.25, 0.3) is 0 Å². The Labute approximate surface area is 112 Å². The molecule has 1 fully saturated rings.